The van der Waals surface area contributed by atoms with Gasteiger partial charge in [-0.15, -0.1) is 0 Å². The molecule has 4 rings (SSSR count). The molecule has 0 radical (unpaired) electrons. The van der Waals surface area contributed by atoms with Gasteiger partial charge in [-0.3, -0.25) is 14.5 Å². The van der Waals surface area contributed by atoms with Crippen molar-refractivity contribution >= 4 is 17.5 Å². The molecule has 3 aliphatic heterocycles. The molecule has 0 aromatic heterocycles. The summed E-state index contributed by atoms with van der Waals surface area (Å²) in [5.74, 6) is 0.274. The van der Waals surface area contributed by atoms with Crippen LogP contribution < -0.4 is 4.90 Å². The molecule has 1 aromatic carbocycles. The third-order valence-corrected chi connectivity index (χ3v) is 6.56. The number of rotatable bonds is 2. The fourth-order valence-corrected chi connectivity index (χ4v) is 4.94. The van der Waals surface area contributed by atoms with Gasteiger partial charge in [-0.05, 0) is 44.2 Å². The van der Waals surface area contributed by atoms with Crippen molar-refractivity contribution in [2.24, 2.45) is 0 Å². The quantitative estimate of drug-likeness (QED) is 0.784. The molecule has 1 unspecified atom stereocenters. The van der Waals surface area contributed by atoms with Gasteiger partial charge in [0.25, 0.3) is 5.91 Å². The summed E-state index contributed by atoms with van der Waals surface area (Å²) < 4.78 is 6.23. The summed E-state index contributed by atoms with van der Waals surface area (Å²) in [6.45, 7) is 6.16. The SMILES string of the molecule is CC(=O)N1CCC(N2CCOC3(CCCCN(c4ccccc4)C3=O)C2)CC1. The van der Waals surface area contributed by atoms with Crippen molar-refractivity contribution in [2.45, 2.75) is 50.7 Å². The normalized spacial score (nSPS) is 27.8. The number of piperidine rings is 1. The van der Waals surface area contributed by atoms with Gasteiger partial charge in [0.15, 0.2) is 5.60 Å². The number of carbonyl (C=O) groups is 2. The molecule has 1 aromatic rings. The lowest BCUT2D eigenvalue weighted by molar-refractivity contribution is -0.162. The van der Waals surface area contributed by atoms with E-state index in [2.05, 4.69) is 4.90 Å². The fraction of sp³-hybridized carbons (Fsp3) is 0.636. The average Bonchev–Trinajstić information content (AvgIpc) is 2.88. The standard InChI is InChI=1S/C22H31N3O3/c1-18(26)23-13-9-19(10-14-23)24-15-16-28-22(17-24)11-5-6-12-25(21(22)27)20-7-3-2-4-8-20/h2-4,7-8,19H,5-6,9-17H2,1H3. The number of ether oxygens (including phenoxy) is 1. The molecule has 0 N–H and O–H groups in total. The lowest BCUT2D eigenvalue weighted by Crippen LogP contribution is -2.62. The van der Waals surface area contributed by atoms with E-state index >= 15 is 0 Å². The smallest absolute Gasteiger partial charge is 0.260 e. The second-order valence-corrected chi connectivity index (χ2v) is 8.30. The number of morpholine rings is 1. The van der Waals surface area contributed by atoms with Gasteiger partial charge in [0.2, 0.25) is 5.91 Å². The van der Waals surface area contributed by atoms with Crippen LogP contribution in [0.3, 0.4) is 0 Å². The van der Waals surface area contributed by atoms with Gasteiger partial charge in [0.1, 0.15) is 0 Å². The second-order valence-electron chi connectivity index (χ2n) is 8.30. The Kier molecular flexibility index (Phi) is 5.69. The van der Waals surface area contributed by atoms with Crippen LogP contribution in [0.5, 0.6) is 0 Å². The Morgan fingerprint density at radius 2 is 1.82 bits per heavy atom. The van der Waals surface area contributed by atoms with E-state index < -0.39 is 5.60 Å². The van der Waals surface area contributed by atoms with Crippen LogP contribution in [-0.4, -0.2) is 72.6 Å². The largest absolute Gasteiger partial charge is 0.362 e. The lowest BCUT2D eigenvalue weighted by Gasteiger charge is -2.47. The third kappa shape index (κ3) is 3.80. The number of likely N-dealkylation sites (tertiary alicyclic amines) is 1. The first kappa shape index (κ1) is 19.4. The predicted molar refractivity (Wildman–Crippen MR) is 108 cm³/mol. The first-order chi connectivity index (χ1) is 13.6. The van der Waals surface area contributed by atoms with Gasteiger partial charge >= 0.3 is 0 Å². The van der Waals surface area contributed by atoms with Crippen LogP contribution >= 0.6 is 0 Å². The summed E-state index contributed by atoms with van der Waals surface area (Å²) in [6, 6.07) is 10.4. The summed E-state index contributed by atoms with van der Waals surface area (Å²) in [5, 5.41) is 0. The van der Waals surface area contributed by atoms with Crippen LogP contribution in [0.25, 0.3) is 0 Å². The van der Waals surface area contributed by atoms with Gasteiger partial charge < -0.3 is 14.5 Å². The zero-order valence-corrected chi connectivity index (χ0v) is 16.8. The van der Waals surface area contributed by atoms with Gasteiger partial charge in [0, 0.05) is 51.4 Å². The van der Waals surface area contributed by atoms with Crippen molar-refractivity contribution in [2.75, 3.05) is 44.2 Å². The van der Waals surface area contributed by atoms with Gasteiger partial charge in [-0.2, -0.15) is 0 Å². The van der Waals surface area contributed by atoms with Crippen molar-refractivity contribution in [3.8, 4) is 0 Å². The van der Waals surface area contributed by atoms with E-state index in [9.17, 15) is 9.59 Å². The third-order valence-electron chi connectivity index (χ3n) is 6.56. The maximum atomic E-state index is 13.6. The zero-order chi connectivity index (χ0) is 19.6. The number of para-hydroxylation sites is 1. The van der Waals surface area contributed by atoms with Gasteiger partial charge in [-0.25, -0.2) is 0 Å². The Morgan fingerprint density at radius 3 is 2.54 bits per heavy atom. The number of hydrogen-bond donors (Lipinski definition) is 0. The van der Waals surface area contributed by atoms with E-state index in [0.29, 0.717) is 19.2 Å². The second kappa shape index (κ2) is 8.21. The van der Waals surface area contributed by atoms with Crippen LogP contribution in [-0.2, 0) is 14.3 Å². The molecule has 0 saturated carbocycles. The minimum Gasteiger partial charge on any atom is -0.362 e. The van der Waals surface area contributed by atoms with Crippen molar-refractivity contribution in [3.05, 3.63) is 30.3 Å². The number of nitrogens with zero attached hydrogens (tertiary/aromatic N) is 3. The highest BCUT2D eigenvalue weighted by atomic mass is 16.5. The van der Waals surface area contributed by atoms with E-state index in [4.69, 9.17) is 4.74 Å². The fourth-order valence-electron chi connectivity index (χ4n) is 4.94. The Labute approximate surface area is 167 Å². The Bertz CT molecular complexity index is 702. The number of amides is 2. The van der Waals surface area contributed by atoms with E-state index in [-0.39, 0.29) is 11.8 Å². The number of hydrogen-bond acceptors (Lipinski definition) is 4. The molecule has 28 heavy (non-hydrogen) atoms. The molecule has 152 valence electrons. The summed E-state index contributed by atoms with van der Waals surface area (Å²) in [5.41, 5.74) is 0.228. The summed E-state index contributed by atoms with van der Waals surface area (Å²) >= 11 is 0. The molecular weight excluding hydrogens is 354 g/mol. The van der Waals surface area contributed by atoms with Gasteiger partial charge in [0.05, 0.1) is 6.61 Å². The monoisotopic (exact) mass is 385 g/mol. The van der Waals surface area contributed by atoms with Crippen LogP contribution in [0.2, 0.25) is 0 Å². The number of anilines is 1. The lowest BCUT2D eigenvalue weighted by atomic mass is 9.91. The molecule has 3 aliphatic rings. The molecule has 6 nitrogen and oxygen atoms in total. The maximum absolute atomic E-state index is 13.6. The number of benzene rings is 1. The highest BCUT2D eigenvalue weighted by molar-refractivity contribution is 6.00. The molecule has 1 atom stereocenters. The van der Waals surface area contributed by atoms with Crippen molar-refractivity contribution in [1.82, 2.24) is 9.80 Å². The van der Waals surface area contributed by atoms with Crippen molar-refractivity contribution < 1.29 is 14.3 Å². The number of carbonyl (C=O) groups excluding carboxylic acids is 2. The molecule has 1 spiro atoms. The molecular formula is C22H31N3O3. The highest BCUT2D eigenvalue weighted by Crippen LogP contribution is 2.34. The van der Waals surface area contributed by atoms with Crippen LogP contribution in [0.4, 0.5) is 5.69 Å². The predicted octanol–water partition coefficient (Wildman–Crippen LogP) is 2.29. The highest BCUT2D eigenvalue weighted by Gasteiger charge is 2.48. The first-order valence-electron chi connectivity index (χ1n) is 10.6. The van der Waals surface area contributed by atoms with Gasteiger partial charge in [-0.1, -0.05) is 18.2 Å². The molecule has 6 heteroatoms. The minimum atomic E-state index is -0.734. The van der Waals surface area contributed by atoms with E-state index in [1.54, 1.807) is 6.92 Å². The average molecular weight is 386 g/mol. The van der Waals surface area contributed by atoms with E-state index in [1.165, 1.54) is 0 Å². The van der Waals surface area contributed by atoms with E-state index in [1.807, 2.05) is 40.1 Å². The van der Waals surface area contributed by atoms with Crippen LogP contribution in [0, 0.1) is 0 Å². The topological polar surface area (TPSA) is 53.1 Å². The Hall–Kier alpha value is -1.92. The first-order valence-corrected chi connectivity index (χ1v) is 10.6. The summed E-state index contributed by atoms with van der Waals surface area (Å²) in [6.07, 6.45) is 4.75. The minimum absolute atomic E-state index is 0.113. The van der Waals surface area contributed by atoms with Crippen molar-refractivity contribution in [1.29, 1.82) is 0 Å². The molecule has 3 fully saturated rings. The molecule has 3 heterocycles. The van der Waals surface area contributed by atoms with E-state index in [0.717, 1.165) is 64.0 Å². The zero-order valence-electron chi connectivity index (χ0n) is 16.8. The summed E-state index contributed by atoms with van der Waals surface area (Å²) in [4.78, 5) is 31.5. The Balaban J connectivity index is 1.50. The Morgan fingerprint density at radius 1 is 1.07 bits per heavy atom. The molecule has 2 amide bonds. The molecule has 0 bridgehead atoms. The molecule has 0 aliphatic carbocycles. The van der Waals surface area contributed by atoms with Crippen LogP contribution in [0.15, 0.2) is 30.3 Å². The van der Waals surface area contributed by atoms with Crippen LogP contribution in [0.1, 0.15) is 39.0 Å². The molecule has 3 saturated heterocycles. The van der Waals surface area contributed by atoms with Crippen molar-refractivity contribution in [3.63, 3.8) is 0 Å². The maximum Gasteiger partial charge on any atom is 0.260 e. The summed E-state index contributed by atoms with van der Waals surface area (Å²) in [7, 11) is 0.